The number of hydrazine groups is 1. The lowest BCUT2D eigenvalue weighted by Crippen LogP contribution is -2.37. The smallest absolute Gasteiger partial charge is 0.147 e. The summed E-state index contributed by atoms with van der Waals surface area (Å²) in [6.45, 7) is 0.686. The predicted molar refractivity (Wildman–Crippen MR) is 106 cm³/mol. The van der Waals surface area contributed by atoms with Crippen molar-refractivity contribution in [3.8, 4) is 6.07 Å². The molecule has 4 rings (SSSR count). The topological polar surface area (TPSA) is 77.4 Å². The molecule has 3 N–H and O–H groups in total. The highest BCUT2D eigenvalue weighted by Crippen LogP contribution is 2.29. The second kappa shape index (κ2) is 7.32. The minimum Gasteiger partial charge on any atom is -0.399 e. The summed E-state index contributed by atoms with van der Waals surface area (Å²) in [6.07, 6.45) is -0.200. The standard InChI is InChI=1S/C22H19N5/c23-14-17-8-4-9-18(12-17)21-25-22(19-10-5-11-20(24)13-19)27(26-21)15-16-6-2-1-3-7-16/h1-13,22H,15,24H2,(H,25,26). The average Bonchev–Trinajstić information content (AvgIpc) is 3.13. The first-order chi connectivity index (χ1) is 13.2. The lowest BCUT2D eigenvalue weighted by atomic mass is 10.1. The molecule has 27 heavy (non-hydrogen) atoms. The van der Waals surface area contributed by atoms with Gasteiger partial charge in [0, 0.05) is 17.8 Å². The van der Waals surface area contributed by atoms with Crippen LogP contribution in [0.2, 0.25) is 0 Å². The summed E-state index contributed by atoms with van der Waals surface area (Å²) in [4.78, 5) is 4.89. The summed E-state index contributed by atoms with van der Waals surface area (Å²) < 4.78 is 0. The predicted octanol–water partition coefficient (Wildman–Crippen LogP) is 3.61. The van der Waals surface area contributed by atoms with Crippen molar-refractivity contribution in [3.63, 3.8) is 0 Å². The Morgan fingerprint density at radius 1 is 1.00 bits per heavy atom. The first kappa shape index (κ1) is 16.8. The number of benzene rings is 3. The fraction of sp³-hybridized carbons (Fsp3) is 0.0909. The molecule has 1 aliphatic heterocycles. The van der Waals surface area contributed by atoms with E-state index in [2.05, 4.69) is 28.6 Å². The Morgan fingerprint density at radius 3 is 2.59 bits per heavy atom. The monoisotopic (exact) mass is 353 g/mol. The van der Waals surface area contributed by atoms with E-state index in [1.54, 1.807) is 6.07 Å². The molecular weight excluding hydrogens is 334 g/mol. The Bertz CT molecular complexity index is 1020. The van der Waals surface area contributed by atoms with Gasteiger partial charge in [-0.1, -0.05) is 54.6 Å². The van der Waals surface area contributed by atoms with Crippen LogP contribution in [0.5, 0.6) is 0 Å². The van der Waals surface area contributed by atoms with Crippen molar-refractivity contribution >= 4 is 11.5 Å². The van der Waals surface area contributed by atoms with Crippen LogP contribution < -0.4 is 11.2 Å². The molecule has 5 heteroatoms. The van der Waals surface area contributed by atoms with Gasteiger partial charge in [0.15, 0.2) is 0 Å². The van der Waals surface area contributed by atoms with Crippen LogP contribution in [-0.4, -0.2) is 10.8 Å². The normalized spacial score (nSPS) is 16.4. The van der Waals surface area contributed by atoms with Gasteiger partial charge in [-0.3, -0.25) is 0 Å². The molecule has 1 aliphatic rings. The quantitative estimate of drug-likeness (QED) is 0.703. The third-order valence-electron chi connectivity index (χ3n) is 4.47. The molecule has 5 nitrogen and oxygen atoms in total. The average molecular weight is 353 g/mol. The molecule has 0 radical (unpaired) electrons. The van der Waals surface area contributed by atoms with E-state index in [0.717, 1.165) is 17.0 Å². The zero-order valence-corrected chi connectivity index (χ0v) is 14.7. The number of anilines is 1. The summed E-state index contributed by atoms with van der Waals surface area (Å²) in [5.74, 6) is 0.746. The van der Waals surface area contributed by atoms with Crippen LogP contribution in [0.15, 0.2) is 83.9 Å². The number of nitrogen functional groups attached to an aromatic ring is 1. The van der Waals surface area contributed by atoms with E-state index in [9.17, 15) is 5.26 Å². The number of nitriles is 1. The van der Waals surface area contributed by atoms with Crippen molar-refractivity contribution in [1.82, 2.24) is 10.4 Å². The Morgan fingerprint density at radius 2 is 1.81 bits per heavy atom. The third kappa shape index (κ3) is 3.66. The molecule has 1 unspecified atom stereocenters. The van der Waals surface area contributed by atoms with Crippen molar-refractivity contribution in [2.24, 2.45) is 4.99 Å². The molecule has 1 atom stereocenters. The summed E-state index contributed by atoms with van der Waals surface area (Å²) in [6, 6.07) is 27.7. The summed E-state index contributed by atoms with van der Waals surface area (Å²) in [5.41, 5.74) is 13.8. The molecule has 1 heterocycles. The number of amidine groups is 1. The van der Waals surface area contributed by atoms with E-state index < -0.39 is 0 Å². The van der Waals surface area contributed by atoms with Gasteiger partial charge in [0.25, 0.3) is 0 Å². The SMILES string of the molecule is N#Cc1cccc(C2=NC(c3cccc(N)c3)N(Cc3ccccc3)N2)c1. The molecule has 0 saturated carbocycles. The first-order valence-corrected chi connectivity index (χ1v) is 8.74. The number of hydrogen-bond donors (Lipinski definition) is 2. The van der Waals surface area contributed by atoms with Gasteiger partial charge < -0.3 is 11.2 Å². The van der Waals surface area contributed by atoms with E-state index >= 15 is 0 Å². The first-order valence-electron chi connectivity index (χ1n) is 8.74. The van der Waals surface area contributed by atoms with Gasteiger partial charge in [-0.25, -0.2) is 4.99 Å². The minimum atomic E-state index is -0.200. The molecule has 132 valence electrons. The Hall–Kier alpha value is -3.62. The molecule has 0 amide bonds. The third-order valence-corrected chi connectivity index (χ3v) is 4.47. The molecule has 3 aromatic carbocycles. The Balaban J connectivity index is 1.69. The molecule has 0 saturated heterocycles. The van der Waals surface area contributed by atoms with Gasteiger partial charge in [0.2, 0.25) is 0 Å². The zero-order chi connectivity index (χ0) is 18.6. The van der Waals surface area contributed by atoms with Crippen molar-refractivity contribution in [3.05, 3.63) is 101 Å². The van der Waals surface area contributed by atoms with Gasteiger partial charge in [0.05, 0.1) is 11.6 Å². The number of hydrogen-bond acceptors (Lipinski definition) is 5. The maximum Gasteiger partial charge on any atom is 0.147 e. The fourth-order valence-corrected chi connectivity index (χ4v) is 3.17. The van der Waals surface area contributed by atoms with Crippen molar-refractivity contribution in [2.45, 2.75) is 12.7 Å². The molecule has 0 aromatic heterocycles. The van der Waals surface area contributed by atoms with E-state index in [4.69, 9.17) is 10.7 Å². The van der Waals surface area contributed by atoms with Crippen LogP contribution in [0.25, 0.3) is 0 Å². The zero-order valence-electron chi connectivity index (χ0n) is 14.7. The van der Waals surface area contributed by atoms with Gasteiger partial charge >= 0.3 is 0 Å². The molecular formula is C22H19N5. The summed E-state index contributed by atoms with van der Waals surface area (Å²) in [7, 11) is 0. The number of nitrogens with two attached hydrogens (primary N) is 1. The van der Waals surface area contributed by atoms with E-state index in [1.165, 1.54) is 5.56 Å². The van der Waals surface area contributed by atoms with Crippen LogP contribution in [0.3, 0.4) is 0 Å². The second-order valence-corrected chi connectivity index (χ2v) is 6.44. The van der Waals surface area contributed by atoms with Gasteiger partial charge in [-0.05, 0) is 35.4 Å². The van der Waals surface area contributed by atoms with Gasteiger partial charge in [-0.15, -0.1) is 0 Å². The highest BCUT2D eigenvalue weighted by atomic mass is 15.6. The Labute approximate surface area is 158 Å². The highest BCUT2D eigenvalue weighted by molar-refractivity contribution is 5.99. The fourth-order valence-electron chi connectivity index (χ4n) is 3.17. The molecule has 3 aromatic rings. The lowest BCUT2D eigenvalue weighted by Gasteiger charge is -2.23. The largest absolute Gasteiger partial charge is 0.399 e. The van der Waals surface area contributed by atoms with Gasteiger partial charge in [-0.2, -0.15) is 10.3 Å². The summed E-state index contributed by atoms with van der Waals surface area (Å²) >= 11 is 0. The van der Waals surface area contributed by atoms with E-state index in [0.29, 0.717) is 17.8 Å². The van der Waals surface area contributed by atoms with Crippen LogP contribution in [0.4, 0.5) is 5.69 Å². The van der Waals surface area contributed by atoms with Crippen LogP contribution in [0.1, 0.15) is 28.4 Å². The molecule has 0 fully saturated rings. The lowest BCUT2D eigenvalue weighted by molar-refractivity contribution is 0.181. The second-order valence-electron chi connectivity index (χ2n) is 6.44. The van der Waals surface area contributed by atoms with Crippen molar-refractivity contribution in [2.75, 3.05) is 5.73 Å². The summed E-state index contributed by atoms with van der Waals surface area (Å²) in [5, 5.41) is 11.3. The van der Waals surface area contributed by atoms with Gasteiger partial charge in [0.1, 0.15) is 12.0 Å². The maximum absolute atomic E-state index is 9.18. The Kier molecular flexibility index (Phi) is 4.56. The number of nitrogens with zero attached hydrogens (tertiary/aromatic N) is 3. The maximum atomic E-state index is 9.18. The molecule has 0 spiro atoms. The molecule has 0 bridgehead atoms. The number of aliphatic imine (C=N–C) groups is 1. The minimum absolute atomic E-state index is 0.200. The van der Waals surface area contributed by atoms with Crippen molar-refractivity contribution < 1.29 is 0 Å². The number of nitrogens with one attached hydrogen (secondary N) is 1. The highest BCUT2D eigenvalue weighted by Gasteiger charge is 2.28. The van der Waals surface area contributed by atoms with E-state index in [1.807, 2.05) is 60.7 Å². The van der Waals surface area contributed by atoms with E-state index in [-0.39, 0.29) is 6.17 Å². The van der Waals surface area contributed by atoms with Crippen LogP contribution in [0, 0.1) is 11.3 Å². The van der Waals surface area contributed by atoms with Crippen LogP contribution >= 0.6 is 0 Å². The number of rotatable bonds is 4. The molecule has 0 aliphatic carbocycles. The van der Waals surface area contributed by atoms with Crippen LogP contribution in [-0.2, 0) is 6.54 Å². The van der Waals surface area contributed by atoms with Crippen molar-refractivity contribution in [1.29, 1.82) is 5.26 Å².